The van der Waals surface area contributed by atoms with Gasteiger partial charge in [0.25, 0.3) is 0 Å². The Morgan fingerprint density at radius 1 is 1.26 bits per heavy atom. The normalized spacial score (nSPS) is 18.0. The molecule has 34 heavy (non-hydrogen) atoms. The number of halogens is 4. The van der Waals surface area contributed by atoms with E-state index in [1.165, 1.54) is 12.1 Å². The highest BCUT2D eigenvalue weighted by Gasteiger charge is 2.46. The lowest BCUT2D eigenvalue weighted by Crippen LogP contribution is -2.40. The molecule has 1 aromatic rings. The van der Waals surface area contributed by atoms with E-state index in [-0.39, 0.29) is 24.9 Å². The number of carbonyl (C=O) groups excluding carboxylic acids is 2. The Kier molecular flexibility index (Phi) is 8.86. The predicted molar refractivity (Wildman–Crippen MR) is 123 cm³/mol. The van der Waals surface area contributed by atoms with Gasteiger partial charge in [0.1, 0.15) is 11.4 Å². The molecule has 8 heteroatoms. The molecule has 0 bridgehead atoms. The number of amides is 1. The maximum absolute atomic E-state index is 14.4. The number of ether oxygens (including phenoxy) is 1. The molecule has 0 heterocycles. The Balaban J connectivity index is 2.20. The lowest BCUT2D eigenvalue weighted by atomic mass is 9.77. The van der Waals surface area contributed by atoms with Gasteiger partial charge in [-0.2, -0.15) is 13.2 Å². The van der Waals surface area contributed by atoms with Gasteiger partial charge in [0.2, 0.25) is 5.91 Å². The molecule has 1 N–H and O–H groups in total. The summed E-state index contributed by atoms with van der Waals surface area (Å²) in [4.78, 5) is 25.0. The van der Waals surface area contributed by atoms with E-state index in [4.69, 9.17) is 4.74 Å². The van der Waals surface area contributed by atoms with E-state index in [9.17, 15) is 27.2 Å². The summed E-state index contributed by atoms with van der Waals surface area (Å²) in [6.45, 7) is 9.81. The van der Waals surface area contributed by atoms with Gasteiger partial charge in [-0.3, -0.25) is 9.59 Å². The number of nitrogens with one attached hydrogen (secondary N) is 1. The summed E-state index contributed by atoms with van der Waals surface area (Å²) < 4.78 is 60.4. The van der Waals surface area contributed by atoms with Crippen molar-refractivity contribution in [2.75, 3.05) is 5.32 Å². The van der Waals surface area contributed by atoms with E-state index < -0.39 is 47.2 Å². The summed E-state index contributed by atoms with van der Waals surface area (Å²) >= 11 is 0. The van der Waals surface area contributed by atoms with E-state index in [1.54, 1.807) is 45.1 Å². The molecular weight excluding hydrogens is 450 g/mol. The van der Waals surface area contributed by atoms with E-state index in [1.807, 2.05) is 0 Å². The number of allylic oxidation sites excluding steroid dienone is 5. The van der Waals surface area contributed by atoms with Crippen LogP contribution in [0, 0.1) is 23.6 Å². The molecule has 0 radical (unpaired) electrons. The topological polar surface area (TPSA) is 55.4 Å². The number of hydrogen-bond acceptors (Lipinski definition) is 3. The smallest absolute Gasteiger partial charge is 0.392 e. The monoisotopic (exact) mass is 481 g/mol. The van der Waals surface area contributed by atoms with Crippen molar-refractivity contribution in [3.63, 3.8) is 0 Å². The van der Waals surface area contributed by atoms with Crippen molar-refractivity contribution in [1.29, 1.82) is 0 Å². The summed E-state index contributed by atoms with van der Waals surface area (Å²) in [5.74, 6) is -6.24. The zero-order valence-electron chi connectivity index (χ0n) is 19.8. The second kappa shape index (κ2) is 11.0. The first kappa shape index (κ1) is 27.3. The molecule has 4 nitrogen and oxygen atoms in total. The van der Waals surface area contributed by atoms with Gasteiger partial charge < -0.3 is 10.1 Å². The zero-order valence-corrected chi connectivity index (χ0v) is 19.8. The van der Waals surface area contributed by atoms with Gasteiger partial charge in [0.05, 0.1) is 17.5 Å². The quantitative estimate of drug-likeness (QED) is 0.339. The second-order valence-electron chi connectivity index (χ2n) is 9.41. The number of rotatable bonds is 8. The molecule has 0 aromatic heterocycles. The van der Waals surface area contributed by atoms with Gasteiger partial charge in [-0.15, -0.1) is 0 Å². The number of hydrogen-bond donors (Lipinski definition) is 1. The van der Waals surface area contributed by atoms with Crippen LogP contribution in [0.3, 0.4) is 0 Å². The fourth-order valence-electron chi connectivity index (χ4n) is 3.75. The minimum atomic E-state index is -4.61. The van der Waals surface area contributed by atoms with E-state index in [0.717, 1.165) is 18.6 Å². The number of benzene rings is 1. The Hall–Kier alpha value is -2.90. The maximum atomic E-state index is 14.4. The molecule has 1 amide bonds. The van der Waals surface area contributed by atoms with Crippen molar-refractivity contribution < 1.29 is 31.9 Å². The molecule has 2 rings (SSSR count). The van der Waals surface area contributed by atoms with Crippen LogP contribution >= 0.6 is 0 Å². The van der Waals surface area contributed by atoms with E-state index in [0.29, 0.717) is 5.56 Å². The second-order valence-corrected chi connectivity index (χ2v) is 9.41. The van der Waals surface area contributed by atoms with E-state index >= 15 is 0 Å². The van der Waals surface area contributed by atoms with Crippen LogP contribution in [0.4, 0.5) is 23.2 Å². The number of carbonyl (C=O) groups is 2. The molecule has 3 atom stereocenters. The van der Waals surface area contributed by atoms with Crippen molar-refractivity contribution in [1.82, 2.24) is 0 Å². The molecular formula is C26H31F4NO3. The molecule has 0 fully saturated rings. The highest BCUT2D eigenvalue weighted by Crippen LogP contribution is 2.39. The van der Waals surface area contributed by atoms with Crippen LogP contribution in [-0.4, -0.2) is 23.7 Å². The highest BCUT2D eigenvalue weighted by molar-refractivity contribution is 5.93. The van der Waals surface area contributed by atoms with Crippen molar-refractivity contribution in [2.45, 2.75) is 58.7 Å². The summed E-state index contributed by atoms with van der Waals surface area (Å²) in [7, 11) is 0. The van der Waals surface area contributed by atoms with Crippen LogP contribution < -0.4 is 5.32 Å². The standard InChI is InChI=1S/C26H31F4NO3/c1-6-17-7-11-19(12-8-17)23(16(2)26(28,29)30)24(33)31-21-15-18(9-13-20(21)27)10-14-22(32)34-25(3,4)5/h6-9,11,13,15-16,19,23H,1,10,12,14H2,2-5H3,(H,31,33)/t16?,19?,23-/m0/s1. The van der Waals surface area contributed by atoms with Crippen molar-refractivity contribution in [2.24, 2.45) is 17.8 Å². The molecule has 0 saturated heterocycles. The summed E-state index contributed by atoms with van der Waals surface area (Å²) in [5, 5.41) is 2.35. The Bertz CT molecular complexity index is 973. The van der Waals surface area contributed by atoms with Crippen LogP contribution in [0.2, 0.25) is 0 Å². The first-order chi connectivity index (χ1) is 15.7. The fraction of sp³-hybridized carbons (Fsp3) is 0.462. The first-order valence-corrected chi connectivity index (χ1v) is 11.1. The minimum Gasteiger partial charge on any atom is -0.460 e. The molecule has 1 aliphatic carbocycles. The first-order valence-electron chi connectivity index (χ1n) is 11.1. The average Bonchev–Trinajstić information content (AvgIpc) is 2.73. The van der Waals surface area contributed by atoms with E-state index in [2.05, 4.69) is 11.9 Å². The SMILES string of the molecule is C=CC1=CCC([C@@H](C(=O)Nc2cc(CCC(=O)OC(C)(C)C)ccc2F)C(C)C(F)(F)F)C=C1. The van der Waals surface area contributed by atoms with Gasteiger partial charge in [-0.05, 0) is 62.8 Å². The Morgan fingerprint density at radius 3 is 2.47 bits per heavy atom. The van der Waals surface area contributed by atoms with Gasteiger partial charge in [-0.1, -0.05) is 43.9 Å². The Labute approximate surface area is 197 Å². The molecule has 1 aliphatic rings. The fourth-order valence-corrected chi connectivity index (χ4v) is 3.75. The van der Waals surface area contributed by atoms with Crippen molar-refractivity contribution in [3.8, 4) is 0 Å². The summed E-state index contributed by atoms with van der Waals surface area (Å²) in [6.07, 6.45) is 2.38. The summed E-state index contributed by atoms with van der Waals surface area (Å²) in [6, 6.07) is 3.90. The van der Waals surface area contributed by atoms with Crippen molar-refractivity contribution >= 4 is 17.6 Å². The van der Waals surface area contributed by atoms with Gasteiger partial charge in [-0.25, -0.2) is 4.39 Å². The Morgan fingerprint density at radius 2 is 1.94 bits per heavy atom. The van der Waals surface area contributed by atoms with Gasteiger partial charge >= 0.3 is 12.1 Å². The lowest BCUT2D eigenvalue weighted by Gasteiger charge is -2.31. The maximum Gasteiger partial charge on any atom is 0.392 e. The van der Waals surface area contributed by atoms with Crippen molar-refractivity contribution in [3.05, 3.63) is 66.0 Å². The van der Waals surface area contributed by atoms with Crippen LogP contribution in [0.15, 0.2) is 54.7 Å². The third-order valence-corrected chi connectivity index (χ3v) is 5.54. The number of anilines is 1. The molecule has 0 saturated carbocycles. The van der Waals surface area contributed by atoms with Gasteiger partial charge in [0, 0.05) is 6.42 Å². The number of alkyl halides is 3. The molecule has 186 valence electrons. The molecule has 2 unspecified atom stereocenters. The predicted octanol–water partition coefficient (Wildman–Crippen LogP) is 6.54. The van der Waals surface area contributed by atoms with Crippen LogP contribution in [0.25, 0.3) is 0 Å². The highest BCUT2D eigenvalue weighted by atomic mass is 19.4. The summed E-state index contributed by atoms with van der Waals surface area (Å²) in [5.41, 5.74) is 0.435. The molecule has 0 spiro atoms. The third kappa shape index (κ3) is 7.85. The number of aryl methyl sites for hydroxylation is 1. The molecule has 1 aromatic carbocycles. The average molecular weight is 482 g/mol. The zero-order chi connectivity index (χ0) is 25.7. The third-order valence-electron chi connectivity index (χ3n) is 5.54. The lowest BCUT2D eigenvalue weighted by molar-refractivity contribution is -0.188. The van der Waals surface area contributed by atoms with Crippen LogP contribution in [0.1, 0.15) is 46.1 Å². The minimum absolute atomic E-state index is 0.0366. The van der Waals surface area contributed by atoms with Gasteiger partial charge in [0.15, 0.2) is 0 Å². The molecule has 0 aliphatic heterocycles. The van der Waals surface area contributed by atoms with Crippen LogP contribution in [0.5, 0.6) is 0 Å². The number of esters is 1. The van der Waals surface area contributed by atoms with Crippen LogP contribution in [-0.2, 0) is 20.7 Å². The largest absolute Gasteiger partial charge is 0.460 e.